The van der Waals surface area contributed by atoms with Crippen LogP contribution in [-0.2, 0) is 14.4 Å². The number of nitrogens with zero attached hydrogens (tertiary/aromatic N) is 3. The first-order chi connectivity index (χ1) is 18.3. The van der Waals surface area contributed by atoms with Gasteiger partial charge in [-0.3, -0.25) is 24.5 Å². The number of amides is 3. The lowest BCUT2D eigenvalue weighted by molar-refractivity contribution is -0.384. The van der Waals surface area contributed by atoms with Crippen molar-refractivity contribution in [1.29, 1.82) is 0 Å². The first kappa shape index (κ1) is 23.8. The fourth-order valence-electron chi connectivity index (χ4n) is 5.67. The third kappa shape index (κ3) is 3.48. The Bertz CT molecular complexity index is 1580. The van der Waals surface area contributed by atoms with Gasteiger partial charge in [0, 0.05) is 18.0 Å². The molecule has 0 bridgehead atoms. The third-order valence-corrected chi connectivity index (χ3v) is 7.55. The van der Waals surface area contributed by atoms with E-state index < -0.39 is 58.1 Å². The maximum absolute atomic E-state index is 14.7. The van der Waals surface area contributed by atoms with Gasteiger partial charge in [-0.25, -0.2) is 9.29 Å². The standard InChI is InChI=1S/C27H18ClFN4O5/c28-17-10-9-15(13-20(17)33(37)38)30-25(34)24-22-21(23-16-6-2-1-5-14(16)11-12-31(23)24)26(35)32(27(22)36)19-8-4-3-7-18(19)29/h1-13,21-24H,(H,30,34)/t21-,22-,23-,24+/m0/s1. The average Bonchev–Trinajstić information content (AvgIpc) is 3.38. The summed E-state index contributed by atoms with van der Waals surface area (Å²) in [5.41, 5.74) is 1.15. The third-order valence-electron chi connectivity index (χ3n) is 7.23. The number of hydrogen-bond acceptors (Lipinski definition) is 6. The van der Waals surface area contributed by atoms with Gasteiger partial charge in [0.1, 0.15) is 16.9 Å². The van der Waals surface area contributed by atoms with Crippen LogP contribution in [0.5, 0.6) is 0 Å². The zero-order valence-corrected chi connectivity index (χ0v) is 20.2. The molecule has 3 aliphatic rings. The van der Waals surface area contributed by atoms with E-state index in [9.17, 15) is 28.9 Å². The van der Waals surface area contributed by atoms with E-state index in [1.807, 2.05) is 18.2 Å². The molecule has 0 radical (unpaired) electrons. The second-order valence-corrected chi connectivity index (χ2v) is 9.62. The highest BCUT2D eigenvalue weighted by atomic mass is 35.5. The van der Waals surface area contributed by atoms with E-state index in [0.717, 1.165) is 28.2 Å². The molecule has 6 rings (SSSR count). The van der Waals surface area contributed by atoms with E-state index >= 15 is 0 Å². The molecule has 0 unspecified atom stereocenters. The Morgan fingerprint density at radius 1 is 1.00 bits per heavy atom. The van der Waals surface area contributed by atoms with Crippen molar-refractivity contribution in [2.45, 2.75) is 12.1 Å². The van der Waals surface area contributed by atoms with Crippen LogP contribution < -0.4 is 10.2 Å². The smallest absolute Gasteiger partial charge is 0.289 e. The molecule has 190 valence electrons. The van der Waals surface area contributed by atoms with Crippen LogP contribution in [-0.4, -0.2) is 33.6 Å². The molecule has 3 aliphatic heterocycles. The molecule has 0 spiro atoms. The number of benzene rings is 3. The van der Waals surface area contributed by atoms with Crippen molar-refractivity contribution in [3.8, 4) is 0 Å². The Hall–Kier alpha value is -4.57. The molecule has 0 aromatic heterocycles. The number of para-hydroxylation sites is 1. The van der Waals surface area contributed by atoms with Crippen LogP contribution in [0, 0.1) is 27.8 Å². The number of fused-ring (bicyclic) bond motifs is 5. The van der Waals surface area contributed by atoms with Gasteiger partial charge in [-0.15, -0.1) is 0 Å². The van der Waals surface area contributed by atoms with Crippen molar-refractivity contribution < 1.29 is 23.7 Å². The van der Waals surface area contributed by atoms with Crippen LogP contribution in [0.25, 0.3) is 6.08 Å². The number of rotatable bonds is 4. The van der Waals surface area contributed by atoms with Crippen LogP contribution >= 0.6 is 11.6 Å². The summed E-state index contributed by atoms with van der Waals surface area (Å²) < 4.78 is 14.7. The first-order valence-corrected chi connectivity index (χ1v) is 12.1. The van der Waals surface area contributed by atoms with E-state index in [1.54, 1.807) is 23.2 Å². The Labute approximate surface area is 220 Å². The van der Waals surface area contributed by atoms with Crippen molar-refractivity contribution in [2.24, 2.45) is 11.8 Å². The molecule has 3 heterocycles. The summed E-state index contributed by atoms with van der Waals surface area (Å²) in [6, 6.07) is 14.9. The molecule has 2 fully saturated rings. The van der Waals surface area contributed by atoms with Gasteiger partial charge in [-0.1, -0.05) is 48.0 Å². The van der Waals surface area contributed by atoms with Crippen molar-refractivity contribution in [3.63, 3.8) is 0 Å². The number of imide groups is 1. The van der Waals surface area contributed by atoms with Crippen molar-refractivity contribution in [3.05, 3.63) is 105 Å². The SMILES string of the molecule is O=C(Nc1ccc(Cl)c([N+](=O)[O-])c1)[C@H]1[C@H]2C(=O)N(c3ccccc3F)C(=O)[C@@H]2[C@@H]2c3ccccc3C=CN12. The average molecular weight is 533 g/mol. The minimum atomic E-state index is -1.14. The highest BCUT2D eigenvalue weighted by molar-refractivity contribution is 6.32. The molecule has 4 atom stereocenters. The lowest BCUT2D eigenvalue weighted by Gasteiger charge is -2.35. The lowest BCUT2D eigenvalue weighted by Crippen LogP contribution is -2.46. The molecule has 38 heavy (non-hydrogen) atoms. The summed E-state index contributed by atoms with van der Waals surface area (Å²) in [5, 5.41) is 13.9. The van der Waals surface area contributed by atoms with Gasteiger partial charge in [0.05, 0.1) is 28.5 Å². The van der Waals surface area contributed by atoms with Crippen molar-refractivity contribution >= 4 is 52.5 Å². The molecule has 2 saturated heterocycles. The van der Waals surface area contributed by atoms with E-state index in [1.165, 1.54) is 30.3 Å². The van der Waals surface area contributed by atoms with Gasteiger partial charge < -0.3 is 10.2 Å². The van der Waals surface area contributed by atoms with Crippen molar-refractivity contribution in [1.82, 2.24) is 4.90 Å². The largest absolute Gasteiger partial charge is 0.357 e. The molecule has 3 amide bonds. The number of nitro benzene ring substituents is 1. The Morgan fingerprint density at radius 3 is 2.47 bits per heavy atom. The minimum absolute atomic E-state index is 0.0957. The summed E-state index contributed by atoms with van der Waals surface area (Å²) in [5.74, 6) is -4.73. The predicted octanol–water partition coefficient (Wildman–Crippen LogP) is 4.54. The summed E-state index contributed by atoms with van der Waals surface area (Å²) in [6.45, 7) is 0. The van der Waals surface area contributed by atoms with E-state index in [-0.39, 0.29) is 16.4 Å². The number of halogens is 2. The molecular formula is C27H18ClFN4O5. The number of anilines is 2. The number of nitrogens with one attached hydrogen (secondary N) is 1. The van der Waals surface area contributed by atoms with Gasteiger partial charge in [-0.05, 0) is 41.5 Å². The summed E-state index contributed by atoms with van der Waals surface area (Å²) >= 11 is 5.90. The summed E-state index contributed by atoms with van der Waals surface area (Å²) in [6.07, 6.45) is 3.47. The van der Waals surface area contributed by atoms with Crippen LogP contribution in [0.3, 0.4) is 0 Å². The van der Waals surface area contributed by atoms with Gasteiger partial charge >= 0.3 is 0 Å². The van der Waals surface area contributed by atoms with Crippen LogP contribution in [0.1, 0.15) is 17.2 Å². The van der Waals surface area contributed by atoms with Crippen LogP contribution in [0.2, 0.25) is 5.02 Å². The fraction of sp³-hybridized carbons (Fsp3) is 0.148. The second kappa shape index (κ2) is 8.77. The van der Waals surface area contributed by atoms with Crippen LogP contribution in [0.15, 0.2) is 72.9 Å². The zero-order chi connectivity index (χ0) is 26.7. The minimum Gasteiger partial charge on any atom is -0.357 e. The molecular weight excluding hydrogens is 515 g/mol. The number of carbonyl (C=O) groups excluding carboxylic acids is 3. The summed E-state index contributed by atoms with van der Waals surface area (Å²) in [4.78, 5) is 54.4. The molecule has 3 aromatic carbocycles. The molecule has 11 heteroatoms. The second-order valence-electron chi connectivity index (χ2n) is 9.21. The quantitative estimate of drug-likeness (QED) is 0.300. The molecule has 3 aromatic rings. The zero-order valence-electron chi connectivity index (χ0n) is 19.5. The Balaban J connectivity index is 1.43. The Morgan fingerprint density at radius 2 is 1.71 bits per heavy atom. The maximum atomic E-state index is 14.7. The molecule has 0 aliphatic carbocycles. The van der Waals surface area contributed by atoms with Gasteiger partial charge in [0.25, 0.3) is 5.69 Å². The molecule has 0 saturated carbocycles. The monoisotopic (exact) mass is 532 g/mol. The number of nitro groups is 1. The van der Waals surface area contributed by atoms with Gasteiger partial charge in [-0.2, -0.15) is 0 Å². The Kier molecular flexibility index (Phi) is 5.50. The maximum Gasteiger partial charge on any atom is 0.289 e. The molecule has 1 N–H and O–H groups in total. The first-order valence-electron chi connectivity index (χ1n) is 11.7. The highest BCUT2D eigenvalue weighted by Gasteiger charge is 2.64. The number of hydrogen-bond donors (Lipinski definition) is 1. The van der Waals surface area contributed by atoms with Crippen LogP contribution in [0.4, 0.5) is 21.5 Å². The number of carbonyl (C=O) groups is 3. The normalized spacial score (nSPS) is 23.2. The van der Waals surface area contributed by atoms with E-state index in [2.05, 4.69) is 5.32 Å². The predicted molar refractivity (Wildman–Crippen MR) is 136 cm³/mol. The fourth-order valence-corrected chi connectivity index (χ4v) is 5.86. The van der Waals surface area contributed by atoms with E-state index in [4.69, 9.17) is 11.6 Å². The highest BCUT2D eigenvalue weighted by Crippen LogP contribution is 2.53. The van der Waals surface area contributed by atoms with Crippen molar-refractivity contribution in [2.75, 3.05) is 10.2 Å². The van der Waals surface area contributed by atoms with Gasteiger partial charge in [0.15, 0.2) is 0 Å². The topological polar surface area (TPSA) is 113 Å². The van der Waals surface area contributed by atoms with E-state index in [0.29, 0.717) is 0 Å². The lowest BCUT2D eigenvalue weighted by atomic mass is 9.84. The van der Waals surface area contributed by atoms with Gasteiger partial charge in [0.2, 0.25) is 17.7 Å². The summed E-state index contributed by atoms with van der Waals surface area (Å²) in [7, 11) is 0. The molecule has 9 nitrogen and oxygen atoms in total.